The van der Waals surface area contributed by atoms with Crippen LogP contribution in [0.1, 0.15) is 55.2 Å². The Labute approximate surface area is 183 Å². The van der Waals surface area contributed by atoms with Gasteiger partial charge in [-0.05, 0) is 86.4 Å². The van der Waals surface area contributed by atoms with E-state index in [2.05, 4.69) is 11.4 Å². The first-order valence-corrected chi connectivity index (χ1v) is 11.1. The van der Waals surface area contributed by atoms with Crippen LogP contribution >= 0.6 is 11.6 Å². The fourth-order valence-electron chi connectivity index (χ4n) is 5.00. The number of Topliss-reactive ketones (excluding diaryl/α,β-unsaturated/α-hetero) is 1. The Morgan fingerprint density at radius 2 is 1.73 bits per heavy atom. The zero-order valence-electron chi connectivity index (χ0n) is 17.8. The molecule has 1 aliphatic heterocycles. The van der Waals surface area contributed by atoms with Crippen LogP contribution in [0.2, 0.25) is 5.02 Å². The molecule has 5 heteroatoms. The van der Waals surface area contributed by atoms with E-state index in [4.69, 9.17) is 16.3 Å². The number of ketones is 1. The van der Waals surface area contributed by atoms with Crippen LogP contribution in [0.25, 0.3) is 11.1 Å². The summed E-state index contributed by atoms with van der Waals surface area (Å²) in [5.41, 5.74) is 4.24. The number of amides is 1. The first kappa shape index (κ1) is 21.1. The molecule has 4 nitrogen and oxygen atoms in total. The van der Waals surface area contributed by atoms with Crippen molar-refractivity contribution in [3.63, 3.8) is 0 Å². The third-order valence-electron chi connectivity index (χ3n) is 6.63. The van der Waals surface area contributed by atoms with E-state index in [1.807, 2.05) is 51.1 Å². The van der Waals surface area contributed by atoms with Crippen LogP contribution in [0.3, 0.4) is 0 Å². The highest BCUT2D eigenvalue weighted by atomic mass is 35.5. The topological polar surface area (TPSA) is 55.4 Å². The summed E-state index contributed by atoms with van der Waals surface area (Å²) in [7, 11) is 0. The lowest BCUT2D eigenvalue weighted by molar-refractivity contribution is -0.126. The summed E-state index contributed by atoms with van der Waals surface area (Å²) < 4.78 is 5.72. The van der Waals surface area contributed by atoms with Gasteiger partial charge in [0.15, 0.2) is 5.78 Å². The molecule has 2 aromatic rings. The Morgan fingerprint density at radius 1 is 1.07 bits per heavy atom. The number of rotatable bonds is 4. The van der Waals surface area contributed by atoms with Gasteiger partial charge in [-0.2, -0.15) is 0 Å². The van der Waals surface area contributed by atoms with E-state index in [0.29, 0.717) is 24.5 Å². The highest BCUT2D eigenvalue weighted by Gasteiger charge is 2.54. The number of ether oxygens (including phenoxy) is 1. The van der Waals surface area contributed by atoms with Gasteiger partial charge >= 0.3 is 0 Å². The first-order chi connectivity index (χ1) is 14.3. The second kappa shape index (κ2) is 8.16. The van der Waals surface area contributed by atoms with Gasteiger partial charge in [0.1, 0.15) is 5.92 Å². The van der Waals surface area contributed by atoms with E-state index in [9.17, 15) is 9.59 Å². The van der Waals surface area contributed by atoms with Crippen molar-refractivity contribution in [1.29, 1.82) is 0 Å². The average molecular weight is 426 g/mol. The predicted octanol–water partition coefficient (Wildman–Crippen LogP) is 5.12. The minimum Gasteiger partial charge on any atom is -0.379 e. The lowest BCUT2D eigenvalue weighted by Crippen LogP contribution is -2.50. The van der Waals surface area contributed by atoms with Crippen LogP contribution in [0.4, 0.5) is 0 Å². The smallest absolute Gasteiger partial charge is 0.235 e. The SMILES string of the molecule is CCOC1CCC2(CC1)NC(=O)C(c1cc(C)c(-c3ccc(Cl)cc3)cc1C)C2=O. The summed E-state index contributed by atoms with van der Waals surface area (Å²) in [6, 6.07) is 11.8. The van der Waals surface area contributed by atoms with E-state index in [1.165, 1.54) is 0 Å². The highest BCUT2D eigenvalue weighted by Crippen LogP contribution is 2.41. The molecule has 1 heterocycles. The molecule has 1 unspecified atom stereocenters. The maximum atomic E-state index is 13.5. The second-order valence-corrected chi connectivity index (χ2v) is 8.99. The Kier molecular flexibility index (Phi) is 5.73. The summed E-state index contributed by atoms with van der Waals surface area (Å²) >= 11 is 6.02. The van der Waals surface area contributed by atoms with Gasteiger partial charge in [-0.3, -0.25) is 9.59 Å². The van der Waals surface area contributed by atoms with E-state index >= 15 is 0 Å². The standard InChI is InChI=1S/C25H28ClNO3/c1-4-30-19-9-11-25(12-10-19)23(28)22(24(29)27-25)21-14-15(2)20(13-16(21)3)17-5-7-18(26)8-6-17/h5-8,13-14,19,22H,4,9-12H2,1-3H3,(H,27,29). The summed E-state index contributed by atoms with van der Waals surface area (Å²) in [5, 5.41) is 3.77. The molecule has 1 saturated heterocycles. The number of carbonyl (C=O) groups excluding carboxylic acids is 2. The Balaban J connectivity index is 1.63. The number of aryl methyl sites for hydroxylation is 2. The van der Waals surface area contributed by atoms with Gasteiger partial charge in [0.05, 0.1) is 11.6 Å². The van der Waals surface area contributed by atoms with Crippen molar-refractivity contribution in [1.82, 2.24) is 5.32 Å². The van der Waals surface area contributed by atoms with Gasteiger partial charge < -0.3 is 10.1 Å². The maximum Gasteiger partial charge on any atom is 0.235 e. The molecule has 1 spiro atoms. The molecule has 0 aromatic heterocycles. The number of hydrogen-bond donors (Lipinski definition) is 1. The van der Waals surface area contributed by atoms with Crippen LogP contribution in [-0.2, 0) is 14.3 Å². The molecule has 2 fully saturated rings. The summed E-state index contributed by atoms with van der Waals surface area (Å²) in [4.78, 5) is 26.4. The number of halogens is 1. The van der Waals surface area contributed by atoms with E-state index < -0.39 is 11.5 Å². The molecule has 158 valence electrons. The lowest BCUT2D eigenvalue weighted by atomic mass is 9.75. The Morgan fingerprint density at radius 3 is 2.37 bits per heavy atom. The monoisotopic (exact) mass is 425 g/mol. The van der Waals surface area contributed by atoms with Crippen molar-refractivity contribution in [2.45, 2.75) is 64.0 Å². The molecular weight excluding hydrogens is 398 g/mol. The normalized spacial score (nSPS) is 26.3. The molecule has 2 aromatic carbocycles. The largest absolute Gasteiger partial charge is 0.379 e. The van der Waals surface area contributed by atoms with Crippen molar-refractivity contribution >= 4 is 23.3 Å². The van der Waals surface area contributed by atoms with Gasteiger partial charge in [0.25, 0.3) is 0 Å². The highest BCUT2D eigenvalue weighted by molar-refractivity contribution is 6.30. The lowest BCUT2D eigenvalue weighted by Gasteiger charge is -2.35. The minimum atomic E-state index is -0.732. The van der Waals surface area contributed by atoms with Gasteiger partial charge in [-0.1, -0.05) is 35.9 Å². The zero-order chi connectivity index (χ0) is 21.5. The molecule has 1 amide bonds. The van der Waals surface area contributed by atoms with Crippen LogP contribution < -0.4 is 5.32 Å². The third-order valence-corrected chi connectivity index (χ3v) is 6.88. The van der Waals surface area contributed by atoms with E-state index in [-0.39, 0.29) is 17.8 Å². The van der Waals surface area contributed by atoms with E-state index in [1.54, 1.807) is 0 Å². The quantitative estimate of drug-likeness (QED) is 0.691. The molecule has 0 radical (unpaired) electrons. The van der Waals surface area contributed by atoms with Gasteiger partial charge in [-0.25, -0.2) is 0 Å². The third kappa shape index (κ3) is 3.67. The predicted molar refractivity (Wildman–Crippen MR) is 119 cm³/mol. The molecule has 1 atom stereocenters. The van der Waals surface area contributed by atoms with Crippen LogP contribution in [0.5, 0.6) is 0 Å². The van der Waals surface area contributed by atoms with Crippen LogP contribution in [0.15, 0.2) is 36.4 Å². The minimum absolute atomic E-state index is 0.0178. The molecule has 1 saturated carbocycles. The summed E-state index contributed by atoms with van der Waals surface area (Å²) in [6.07, 6.45) is 3.10. The van der Waals surface area contributed by atoms with Crippen molar-refractivity contribution in [2.24, 2.45) is 0 Å². The van der Waals surface area contributed by atoms with Crippen molar-refractivity contribution in [3.8, 4) is 11.1 Å². The molecule has 30 heavy (non-hydrogen) atoms. The van der Waals surface area contributed by atoms with Gasteiger partial charge in [-0.15, -0.1) is 0 Å². The maximum absolute atomic E-state index is 13.5. The van der Waals surface area contributed by atoms with Crippen LogP contribution in [0, 0.1) is 13.8 Å². The molecular formula is C25H28ClNO3. The fraction of sp³-hybridized carbons (Fsp3) is 0.440. The Hall–Kier alpha value is -2.17. The zero-order valence-corrected chi connectivity index (χ0v) is 18.5. The van der Waals surface area contributed by atoms with Crippen molar-refractivity contribution in [2.75, 3.05) is 6.61 Å². The summed E-state index contributed by atoms with van der Waals surface area (Å²) in [6.45, 7) is 6.67. The van der Waals surface area contributed by atoms with Gasteiger partial charge in [0.2, 0.25) is 5.91 Å². The van der Waals surface area contributed by atoms with Crippen molar-refractivity contribution < 1.29 is 14.3 Å². The number of benzene rings is 2. The second-order valence-electron chi connectivity index (χ2n) is 8.55. The van der Waals surface area contributed by atoms with Gasteiger partial charge in [0, 0.05) is 11.6 Å². The average Bonchev–Trinajstić information content (AvgIpc) is 2.96. The first-order valence-electron chi connectivity index (χ1n) is 10.7. The number of nitrogens with one attached hydrogen (secondary N) is 1. The molecule has 0 bridgehead atoms. The van der Waals surface area contributed by atoms with Crippen molar-refractivity contribution in [3.05, 3.63) is 58.1 Å². The Bertz CT molecular complexity index is 975. The molecule has 4 rings (SSSR count). The number of carbonyl (C=O) groups is 2. The number of hydrogen-bond acceptors (Lipinski definition) is 3. The fourth-order valence-corrected chi connectivity index (χ4v) is 5.12. The van der Waals surface area contributed by atoms with Crippen LogP contribution in [-0.4, -0.2) is 29.9 Å². The molecule has 1 N–H and O–H groups in total. The van der Waals surface area contributed by atoms with E-state index in [0.717, 1.165) is 40.7 Å². The molecule has 1 aliphatic carbocycles. The summed E-state index contributed by atoms with van der Waals surface area (Å²) in [5.74, 6) is -0.882. The molecule has 2 aliphatic rings.